The van der Waals surface area contributed by atoms with E-state index >= 15 is 0 Å². The van der Waals surface area contributed by atoms with Crippen LogP contribution in [-0.4, -0.2) is 15.6 Å². The Morgan fingerprint density at radius 1 is 1.11 bits per heavy atom. The van der Waals surface area contributed by atoms with Crippen LogP contribution in [0.4, 0.5) is 0 Å². The molecule has 3 nitrogen and oxygen atoms in total. The molecule has 1 unspecified atom stereocenters. The van der Waals surface area contributed by atoms with Crippen LogP contribution in [0.1, 0.15) is 36.6 Å². The van der Waals surface area contributed by atoms with Crippen molar-refractivity contribution in [3.8, 4) is 0 Å². The monoisotopic (exact) mass is 491 g/mol. The lowest BCUT2D eigenvalue weighted by Crippen LogP contribution is -2.11. The van der Waals surface area contributed by atoms with Gasteiger partial charge in [-0.1, -0.05) is 57.3 Å². The van der Waals surface area contributed by atoms with Gasteiger partial charge in [-0.15, -0.1) is 0 Å². The van der Waals surface area contributed by atoms with Crippen LogP contribution in [0.2, 0.25) is 0 Å². The minimum atomic E-state index is -0.723. The summed E-state index contributed by atoms with van der Waals surface area (Å²) in [4.78, 5) is 11.2. The van der Waals surface area contributed by atoms with E-state index in [2.05, 4.69) is 92.7 Å². The van der Waals surface area contributed by atoms with Crippen molar-refractivity contribution < 1.29 is 9.90 Å². The molecule has 0 aliphatic rings. The highest BCUT2D eigenvalue weighted by Crippen LogP contribution is 2.32. The molecule has 0 fully saturated rings. The van der Waals surface area contributed by atoms with Crippen molar-refractivity contribution >= 4 is 48.7 Å². The molecule has 1 N–H and O–H groups in total. The summed E-state index contributed by atoms with van der Waals surface area (Å²) in [5.41, 5.74) is 4.91. The van der Waals surface area contributed by atoms with E-state index in [1.165, 1.54) is 27.7 Å². The van der Waals surface area contributed by atoms with Crippen molar-refractivity contribution in [2.24, 2.45) is 5.92 Å². The fourth-order valence-electron chi connectivity index (χ4n) is 3.65. The van der Waals surface area contributed by atoms with Crippen molar-refractivity contribution in [2.75, 3.05) is 0 Å². The van der Waals surface area contributed by atoms with E-state index in [1.54, 1.807) is 0 Å². The molecule has 0 radical (unpaired) electrons. The zero-order valence-electron chi connectivity index (χ0n) is 15.5. The molecule has 0 amide bonds. The van der Waals surface area contributed by atoms with E-state index in [1.807, 2.05) is 0 Å². The summed E-state index contributed by atoms with van der Waals surface area (Å²) in [5.74, 6) is -0.578. The molecule has 5 heteroatoms. The lowest BCUT2D eigenvalue weighted by molar-refractivity contribution is -0.138. The van der Waals surface area contributed by atoms with Gasteiger partial charge in [-0.25, -0.2) is 0 Å². The highest BCUT2D eigenvalue weighted by Gasteiger charge is 2.19. The smallest absolute Gasteiger partial charge is 0.303 e. The molecule has 3 aromatic rings. The Labute approximate surface area is 176 Å². The SMILES string of the molecule is CCC(CC(=O)O)Cc1c(C)n(Cc2ccc(Br)cc2)c2ccc(Br)cc12. The topological polar surface area (TPSA) is 42.2 Å². The van der Waals surface area contributed by atoms with Gasteiger partial charge >= 0.3 is 5.97 Å². The quantitative estimate of drug-likeness (QED) is 0.405. The number of benzene rings is 2. The largest absolute Gasteiger partial charge is 0.481 e. The molecule has 0 spiro atoms. The second-order valence-corrected chi connectivity index (χ2v) is 8.85. The minimum Gasteiger partial charge on any atom is -0.481 e. The summed E-state index contributed by atoms with van der Waals surface area (Å²) < 4.78 is 4.46. The van der Waals surface area contributed by atoms with Crippen LogP contribution in [0.15, 0.2) is 51.4 Å². The lowest BCUT2D eigenvalue weighted by Gasteiger charge is -2.13. The van der Waals surface area contributed by atoms with E-state index in [4.69, 9.17) is 0 Å². The molecule has 142 valence electrons. The molecule has 0 aliphatic heterocycles. The molecule has 1 atom stereocenters. The van der Waals surface area contributed by atoms with Gasteiger partial charge in [-0.3, -0.25) is 4.79 Å². The normalized spacial score (nSPS) is 12.4. The summed E-state index contributed by atoms with van der Waals surface area (Å²) in [7, 11) is 0. The summed E-state index contributed by atoms with van der Waals surface area (Å²) in [6.45, 7) is 5.02. The molecule has 0 aliphatic carbocycles. The number of nitrogens with zero attached hydrogens (tertiary/aromatic N) is 1. The van der Waals surface area contributed by atoms with Crippen molar-refractivity contribution in [1.82, 2.24) is 4.57 Å². The van der Waals surface area contributed by atoms with Crippen molar-refractivity contribution in [3.05, 3.63) is 68.2 Å². The number of rotatable bonds is 7. The maximum absolute atomic E-state index is 11.2. The molecule has 1 heterocycles. The zero-order chi connectivity index (χ0) is 19.6. The summed E-state index contributed by atoms with van der Waals surface area (Å²) >= 11 is 7.08. The first-order valence-electron chi connectivity index (χ1n) is 9.12. The molecule has 2 aromatic carbocycles. The second-order valence-electron chi connectivity index (χ2n) is 7.01. The highest BCUT2D eigenvalue weighted by atomic mass is 79.9. The molecule has 0 bridgehead atoms. The number of carboxylic acids is 1. The lowest BCUT2D eigenvalue weighted by atomic mass is 9.92. The van der Waals surface area contributed by atoms with Crippen LogP contribution in [0.25, 0.3) is 10.9 Å². The second kappa shape index (κ2) is 8.61. The Morgan fingerprint density at radius 3 is 2.41 bits per heavy atom. The van der Waals surface area contributed by atoms with Gasteiger partial charge in [0.1, 0.15) is 0 Å². The predicted octanol–water partition coefficient (Wildman–Crippen LogP) is 6.57. The standard InChI is InChI=1S/C22H23Br2NO2/c1-3-15(11-22(26)27)10-19-14(2)25(13-16-4-6-17(23)7-5-16)21-9-8-18(24)12-20(19)21/h4-9,12,15H,3,10-11,13H2,1-2H3,(H,26,27). The Kier molecular flexibility index (Phi) is 6.43. The number of aliphatic carboxylic acids is 1. The molecule has 1 aromatic heterocycles. The van der Waals surface area contributed by atoms with E-state index in [0.29, 0.717) is 0 Å². The maximum Gasteiger partial charge on any atom is 0.303 e. The number of aromatic nitrogens is 1. The van der Waals surface area contributed by atoms with Gasteiger partial charge in [0.15, 0.2) is 0 Å². The van der Waals surface area contributed by atoms with Crippen LogP contribution in [0.3, 0.4) is 0 Å². The number of hydrogen-bond donors (Lipinski definition) is 1. The Bertz CT molecular complexity index is 961. The van der Waals surface area contributed by atoms with E-state index in [9.17, 15) is 9.90 Å². The van der Waals surface area contributed by atoms with Crippen LogP contribution >= 0.6 is 31.9 Å². The third-order valence-corrected chi connectivity index (χ3v) is 6.23. The van der Waals surface area contributed by atoms with Crippen molar-refractivity contribution in [1.29, 1.82) is 0 Å². The van der Waals surface area contributed by atoms with Gasteiger partial charge < -0.3 is 9.67 Å². The number of carbonyl (C=O) groups is 1. The Hall–Kier alpha value is -1.59. The molecule has 3 rings (SSSR count). The van der Waals surface area contributed by atoms with E-state index < -0.39 is 5.97 Å². The number of halogens is 2. The first kappa shape index (κ1) is 20.2. The molecule has 0 saturated carbocycles. The first-order valence-corrected chi connectivity index (χ1v) is 10.7. The first-order chi connectivity index (χ1) is 12.9. The van der Waals surface area contributed by atoms with Crippen molar-refractivity contribution in [2.45, 2.75) is 39.7 Å². The predicted molar refractivity (Wildman–Crippen MR) is 117 cm³/mol. The fourth-order valence-corrected chi connectivity index (χ4v) is 4.28. The Morgan fingerprint density at radius 2 is 1.78 bits per heavy atom. The summed E-state index contributed by atoms with van der Waals surface area (Å²) in [5, 5.41) is 10.4. The minimum absolute atomic E-state index is 0.145. The van der Waals surface area contributed by atoms with Crippen LogP contribution in [0.5, 0.6) is 0 Å². The average Bonchev–Trinajstić information content (AvgIpc) is 2.87. The maximum atomic E-state index is 11.2. The highest BCUT2D eigenvalue weighted by molar-refractivity contribution is 9.10. The number of carboxylic acid groups (broad SMARTS) is 1. The summed E-state index contributed by atoms with van der Waals surface area (Å²) in [6.07, 6.45) is 1.86. The third-order valence-electron chi connectivity index (χ3n) is 5.20. The molecular formula is C22H23Br2NO2. The van der Waals surface area contributed by atoms with Gasteiger partial charge in [0, 0.05) is 38.5 Å². The van der Waals surface area contributed by atoms with Gasteiger partial charge in [-0.2, -0.15) is 0 Å². The van der Waals surface area contributed by atoms with Crippen LogP contribution in [0, 0.1) is 12.8 Å². The van der Waals surface area contributed by atoms with Gasteiger partial charge in [0.2, 0.25) is 0 Å². The molecule has 0 saturated heterocycles. The molecule has 27 heavy (non-hydrogen) atoms. The number of fused-ring (bicyclic) bond motifs is 1. The molecular weight excluding hydrogens is 470 g/mol. The van der Waals surface area contributed by atoms with Crippen LogP contribution in [-0.2, 0) is 17.8 Å². The van der Waals surface area contributed by atoms with Gasteiger partial charge in [0.05, 0.1) is 0 Å². The zero-order valence-corrected chi connectivity index (χ0v) is 18.7. The van der Waals surface area contributed by atoms with Gasteiger partial charge in [0.25, 0.3) is 0 Å². The third kappa shape index (κ3) is 4.64. The number of hydrogen-bond acceptors (Lipinski definition) is 1. The summed E-state index contributed by atoms with van der Waals surface area (Å²) in [6, 6.07) is 14.8. The Balaban J connectivity index is 2.05. The van der Waals surface area contributed by atoms with E-state index in [0.717, 1.165) is 28.3 Å². The van der Waals surface area contributed by atoms with Gasteiger partial charge in [-0.05, 0) is 60.7 Å². The van der Waals surface area contributed by atoms with Crippen molar-refractivity contribution in [3.63, 3.8) is 0 Å². The van der Waals surface area contributed by atoms with Crippen LogP contribution < -0.4 is 0 Å². The average molecular weight is 493 g/mol. The van der Waals surface area contributed by atoms with E-state index in [-0.39, 0.29) is 12.3 Å². The fraction of sp³-hybridized carbons (Fsp3) is 0.318.